The lowest BCUT2D eigenvalue weighted by atomic mass is 9.89. The van der Waals surface area contributed by atoms with E-state index in [2.05, 4.69) is 32.8 Å². The Morgan fingerprint density at radius 1 is 1.03 bits per heavy atom. The minimum atomic E-state index is -1.00. The van der Waals surface area contributed by atoms with Crippen molar-refractivity contribution in [3.8, 4) is 0 Å². The summed E-state index contributed by atoms with van der Waals surface area (Å²) in [6.45, 7) is 8.12. The van der Waals surface area contributed by atoms with Gasteiger partial charge in [-0.15, -0.1) is 11.3 Å². The van der Waals surface area contributed by atoms with Gasteiger partial charge in [-0.3, -0.25) is 0 Å². The van der Waals surface area contributed by atoms with Gasteiger partial charge in [-0.05, 0) is 95.5 Å². The topological polar surface area (TPSA) is 86.2 Å². The third-order valence-electron chi connectivity index (χ3n) is 7.18. The highest BCUT2D eigenvalue weighted by Crippen LogP contribution is 2.33. The number of aromatic nitrogens is 3. The Bertz CT molecular complexity index is 1130. The molecular weight excluding hydrogens is 444 g/mol. The van der Waals surface area contributed by atoms with E-state index in [0.29, 0.717) is 23.5 Å². The number of thiophene rings is 1. The summed E-state index contributed by atoms with van der Waals surface area (Å²) < 4.78 is 0. The molecule has 0 radical (unpaired) electrons. The van der Waals surface area contributed by atoms with Crippen LogP contribution in [0.15, 0.2) is 23.6 Å². The van der Waals surface area contributed by atoms with E-state index >= 15 is 0 Å². The number of pyridine rings is 1. The fraction of sp³-hybridized carbons (Fsp3) is 0.577. The van der Waals surface area contributed by atoms with Crippen LogP contribution in [-0.2, 0) is 5.60 Å². The second kappa shape index (κ2) is 9.76. The summed E-state index contributed by atoms with van der Waals surface area (Å²) in [5, 5.41) is 20.5. The van der Waals surface area contributed by atoms with Crippen molar-refractivity contribution < 1.29 is 5.11 Å². The Hall–Kier alpha value is -2.29. The molecule has 1 saturated heterocycles. The van der Waals surface area contributed by atoms with Crippen molar-refractivity contribution in [3.63, 3.8) is 0 Å². The first-order chi connectivity index (χ1) is 16.4. The van der Waals surface area contributed by atoms with Gasteiger partial charge in [-0.1, -0.05) is 12.5 Å². The first kappa shape index (κ1) is 23.5. The van der Waals surface area contributed by atoms with E-state index in [1.165, 1.54) is 45.2 Å². The normalized spacial score (nSPS) is 22.1. The van der Waals surface area contributed by atoms with Crippen molar-refractivity contribution in [2.45, 2.75) is 83.4 Å². The summed E-state index contributed by atoms with van der Waals surface area (Å²) in [7, 11) is 0. The zero-order chi connectivity index (χ0) is 23.7. The number of fused-ring (bicyclic) bond motifs is 1. The van der Waals surface area contributed by atoms with Crippen molar-refractivity contribution in [3.05, 3.63) is 34.8 Å². The fourth-order valence-electron chi connectivity index (χ4n) is 5.26. The number of aliphatic hydroxyl groups is 1. The van der Waals surface area contributed by atoms with Crippen LogP contribution in [0.5, 0.6) is 0 Å². The van der Waals surface area contributed by atoms with Crippen LogP contribution in [0.4, 0.5) is 17.6 Å². The maximum Gasteiger partial charge on any atom is 0.226 e. The molecule has 0 aromatic carbocycles. The van der Waals surface area contributed by atoms with Gasteiger partial charge in [0, 0.05) is 12.1 Å². The molecule has 2 aliphatic rings. The Kier molecular flexibility index (Phi) is 6.73. The molecule has 5 rings (SSSR count). The lowest BCUT2D eigenvalue weighted by molar-refractivity contribution is 0.0740. The Morgan fingerprint density at radius 2 is 1.79 bits per heavy atom. The van der Waals surface area contributed by atoms with Crippen molar-refractivity contribution >= 4 is 39.1 Å². The lowest BCUT2D eigenvalue weighted by Crippen LogP contribution is -2.43. The van der Waals surface area contributed by atoms with Crippen molar-refractivity contribution in [2.75, 3.05) is 23.7 Å². The first-order valence-corrected chi connectivity index (χ1v) is 13.5. The fourth-order valence-corrected chi connectivity index (χ4v) is 6.18. The zero-order valence-electron chi connectivity index (χ0n) is 20.5. The Balaban J connectivity index is 1.33. The molecule has 7 nitrogen and oxygen atoms in total. The van der Waals surface area contributed by atoms with Crippen LogP contribution in [-0.4, -0.2) is 50.1 Å². The van der Waals surface area contributed by atoms with Gasteiger partial charge in [0.05, 0.1) is 11.1 Å². The number of piperidine rings is 1. The minimum Gasteiger partial charge on any atom is -0.384 e. The van der Waals surface area contributed by atoms with Gasteiger partial charge in [0.2, 0.25) is 5.95 Å². The van der Waals surface area contributed by atoms with E-state index in [0.717, 1.165) is 40.5 Å². The number of nitrogens with one attached hydrogen (secondary N) is 2. The predicted molar refractivity (Wildman–Crippen MR) is 140 cm³/mol. The predicted octanol–water partition coefficient (Wildman–Crippen LogP) is 5.57. The van der Waals surface area contributed by atoms with Gasteiger partial charge < -0.3 is 20.6 Å². The maximum atomic E-state index is 10.4. The molecule has 182 valence electrons. The van der Waals surface area contributed by atoms with Gasteiger partial charge in [0.15, 0.2) is 0 Å². The number of hydrogen-bond donors (Lipinski definition) is 3. The molecule has 1 aliphatic carbocycles. The second-order valence-electron chi connectivity index (χ2n) is 10.3. The molecule has 0 atom stereocenters. The molecule has 34 heavy (non-hydrogen) atoms. The van der Waals surface area contributed by atoms with E-state index < -0.39 is 5.60 Å². The molecule has 0 unspecified atom stereocenters. The molecule has 2 fully saturated rings. The summed E-state index contributed by atoms with van der Waals surface area (Å²) in [6, 6.07) is 6.79. The quantitative estimate of drug-likeness (QED) is 0.425. The van der Waals surface area contributed by atoms with Crippen LogP contribution in [0.25, 0.3) is 10.2 Å². The number of rotatable bonds is 6. The lowest BCUT2D eigenvalue weighted by Gasteiger charge is -2.39. The number of anilines is 3. The van der Waals surface area contributed by atoms with Crippen LogP contribution >= 0.6 is 11.3 Å². The number of hydrogen-bond acceptors (Lipinski definition) is 8. The summed E-state index contributed by atoms with van der Waals surface area (Å²) in [5.41, 5.74) is 0.764. The van der Waals surface area contributed by atoms with Crippen LogP contribution in [0.1, 0.15) is 70.1 Å². The maximum absolute atomic E-state index is 10.4. The summed E-state index contributed by atoms with van der Waals surface area (Å²) in [4.78, 5) is 18.0. The van der Waals surface area contributed by atoms with E-state index in [9.17, 15) is 5.11 Å². The van der Waals surface area contributed by atoms with Crippen LogP contribution in [0, 0.1) is 6.92 Å². The van der Waals surface area contributed by atoms with Crippen LogP contribution in [0.3, 0.4) is 0 Å². The van der Waals surface area contributed by atoms with Crippen LogP contribution < -0.4 is 10.6 Å². The molecule has 1 aliphatic heterocycles. The van der Waals surface area contributed by atoms with Gasteiger partial charge in [0.1, 0.15) is 22.1 Å². The molecule has 3 aromatic heterocycles. The van der Waals surface area contributed by atoms with E-state index in [-0.39, 0.29) is 0 Å². The molecule has 0 amide bonds. The second-order valence-corrected chi connectivity index (χ2v) is 11.2. The summed E-state index contributed by atoms with van der Waals surface area (Å²) in [5.74, 6) is 2.10. The number of nitrogens with zero attached hydrogens (tertiary/aromatic N) is 4. The van der Waals surface area contributed by atoms with Gasteiger partial charge >= 0.3 is 0 Å². The standard InChI is InChI=1S/C26H36N6OS/c1-17-16-34-24-22(17)23(29-21-9-7-8-20(28-21)26(2,3)33)30-25(31-24)27-18-10-12-19(13-11-18)32-14-5-4-6-15-32/h7-9,16,18-19,33H,4-6,10-15H2,1-3H3,(H2,27,28,29,30,31)/t18-,19-. The molecule has 3 aromatic rings. The minimum absolute atomic E-state index is 0.407. The Labute approximate surface area is 206 Å². The number of likely N-dealkylation sites (tertiary alicyclic amines) is 1. The average molecular weight is 481 g/mol. The smallest absolute Gasteiger partial charge is 0.226 e. The van der Waals surface area contributed by atoms with Gasteiger partial charge in [-0.25, -0.2) is 9.97 Å². The largest absolute Gasteiger partial charge is 0.384 e. The zero-order valence-corrected chi connectivity index (χ0v) is 21.3. The van der Waals surface area contributed by atoms with Crippen molar-refractivity contribution in [1.29, 1.82) is 0 Å². The average Bonchev–Trinajstić information content (AvgIpc) is 3.20. The number of aryl methyl sites for hydroxylation is 1. The van der Waals surface area contributed by atoms with E-state index in [4.69, 9.17) is 9.97 Å². The Morgan fingerprint density at radius 3 is 2.53 bits per heavy atom. The summed E-state index contributed by atoms with van der Waals surface area (Å²) in [6.07, 6.45) is 8.91. The third kappa shape index (κ3) is 5.19. The summed E-state index contributed by atoms with van der Waals surface area (Å²) >= 11 is 1.64. The molecule has 0 spiro atoms. The van der Waals surface area contributed by atoms with E-state index in [1.54, 1.807) is 25.2 Å². The highest BCUT2D eigenvalue weighted by molar-refractivity contribution is 7.17. The monoisotopic (exact) mass is 480 g/mol. The molecule has 8 heteroatoms. The van der Waals surface area contributed by atoms with E-state index in [1.807, 2.05) is 18.2 Å². The molecule has 3 N–H and O–H groups in total. The SMILES string of the molecule is Cc1csc2nc(N[C@H]3CC[C@H](N4CCCCC4)CC3)nc(Nc3cccc(C(C)(C)O)n3)c12. The van der Waals surface area contributed by atoms with Crippen molar-refractivity contribution in [2.24, 2.45) is 0 Å². The van der Waals surface area contributed by atoms with Crippen LogP contribution in [0.2, 0.25) is 0 Å². The highest BCUT2D eigenvalue weighted by Gasteiger charge is 2.27. The third-order valence-corrected chi connectivity index (χ3v) is 8.17. The molecule has 1 saturated carbocycles. The highest BCUT2D eigenvalue weighted by atomic mass is 32.1. The van der Waals surface area contributed by atoms with Gasteiger partial charge in [-0.2, -0.15) is 4.98 Å². The molecule has 4 heterocycles. The first-order valence-electron chi connectivity index (χ1n) is 12.6. The van der Waals surface area contributed by atoms with Crippen molar-refractivity contribution in [1.82, 2.24) is 19.9 Å². The molecule has 0 bridgehead atoms. The van der Waals surface area contributed by atoms with Gasteiger partial charge in [0.25, 0.3) is 0 Å². The molecular formula is C26H36N6OS.